The van der Waals surface area contributed by atoms with Crippen LogP contribution in [0.5, 0.6) is 0 Å². The first-order valence-electron chi connectivity index (χ1n) is 8.25. The molecule has 1 heterocycles. The molecule has 2 aromatic rings. The molecule has 23 heavy (non-hydrogen) atoms. The molecule has 0 radical (unpaired) electrons. The molecule has 4 nitrogen and oxygen atoms in total. The van der Waals surface area contributed by atoms with Crippen LogP contribution in [0.1, 0.15) is 43.4 Å². The number of benzene rings is 1. The number of nitrogens with zero attached hydrogens (tertiary/aromatic N) is 2. The molecule has 0 saturated heterocycles. The van der Waals surface area contributed by atoms with E-state index < -0.39 is 0 Å². The highest BCUT2D eigenvalue weighted by atomic mass is 35.5. The Morgan fingerprint density at radius 1 is 1.04 bits per heavy atom. The quantitative estimate of drug-likeness (QED) is 0.805. The van der Waals surface area contributed by atoms with Crippen LogP contribution in [0.15, 0.2) is 24.3 Å². The van der Waals surface area contributed by atoms with Crippen LogP contribution < -0.4 is 10.6 Å². The topological polar surface area (TPSA) is 49.8 Å². The van der Waals surface area contributed by atoms with Crippen molar-refractivity contribution in [2.75, 3.05) is 10.6 Å². The van der Waals surface area contributed by atoms with Gasteiger partial charge < -0.3 is 10.6 Å². The van der Waals surface area contributed by atoms with Crippen molar-refractivity contribution in [2.24, 2.45) is 0 Å². The Morgan fingerprint density at radius 2 is 1.83 bits per heavy atom. The molecule has 122 valence electrons. The van der Waals surface area contributed by atoms with Crippen molar-refractivity contribution >= 4 is 29.1 Å². The van der Waals surface area contributed by atoms with Gasteiger partial charge in [-0.05, 0) is 50.5 Å². The maximum Gasteiger partial charge on any atom is 0.225 e. The number of rotatable bonds is 4. The van der Waals surface area contributed by atoms with Gasteiger partial charge in [0.2, 0.25) is 5.95 Å². The molecule has 1 aromatic heterocycles. The molecule has 1 aliphatic carbocycles. The van der Waals surface area contributed by atoms with E-state index >= 15 is 0 Å². The van der Waals surface area contributed by atoms with E-state index in [0.29, 0.717) is 12.0 Å². The Morgan fingerprint density at radius 3 is 2.57 bits per heavy atom. The number of aromatic nitrogens is 2. The second-order valence-electron chi connectivity index (χ2n) is 6.28. The first-order chi connectivity index (χ1) is 11.1. The van der Waals surface area contributed by atoms with Crippen LogP contribution in [0.3, 0.4) is 0 Å². The lowest BCUT2D eigenvalue weighted by Crippen LogP contribution is -2.23. The van der Waals surface area contributed by atoms with Gasteiger partial charge in [-0.3, -0.25) is 0 Å². The number of anilines is 3. The van der Waals surface area contributed by atoms with Gasteiger partial charge in [-0.2, -0.15) is 4.98 Å². The van der Waals surface area contributed by atoms with Crippen molar-refractivity contribution in [1.82, 2.24) is 9.97 Å². The van der Waals surface area contributed by atoms with Gasteiger partial charge in [-0.15, -0.1) is 0 Å². The van der Waals surface area contributed by atoms with Crippen molar-refractivity contribution in [2.45, 2.75) is 52.0 Å². The normalized spacial score (nSPS) is 15.4. The summed E-state index contributed by atoms with van der Waals surface area (Å²) < 4.78 is 0. The van der Waals surface area contributed by atoms with Gasteiger partial charge in [0.25, 0.3) is 0 Å². The molecule has 0 bridgehead atoms. The third-order valence-corrected chi connectivity index (χ3v) is 4.48. The molecule has 1 saturated carbocycles. The predicted molar refractivity (Wildman–Crippen MR) is 96.7 cm³/mol. The molecule has 2 N–H and O–H groups in total. The Balaban J connectivity index is 1.76. The number of hydrogen-bond donors (Lipinski definition) is 2. The first kappa shape index (κ1) is 16.1. The fourth-order valence-corrected chi connectivity index (χ4v) is 3.26. The van der Waals surface area contributed by atoms with Gasteiger partial charge in [-0.25, -0.2) is 4.98 Å². The van der Waals surface area contributed by atoms with Crippen molar-refractivity contribution in [1.29, 1.82) is 0 Å². The van der Waals surface area contributed by atoms with Gasteiger partial charge in [0.1, 0.15) is 5.82 Å². The molecular formula is C18H23ClN4. The number of nitrogens with one attached hydrogen (secondary N) is 2. The van der Waals surface area contributed by atoms with Gasteiger partial charge >= 0.3 is 0 Å². The summed E-state index contributed by atoms with van der Waals surface area (Å²) in [6.45, 7) is 4.02. The smallest absolute Gasteiger partial charge is 0.225 e. The number of hydrogen-bond acceptors (Lipinski definition) is 4. The van der Waals surface area contributed by atoms with E-state index in [-0.39, 0.29) is 0 Å². The molecule has 3 rings (SSSR count). The maximum absolute atomic E-state index is 6.02. The average Bonchev–Trinajstić information content (AvgIpc) is 2.50. The number of halogens is 1. The predicted octanol–water partition coefficient (Wildman–Crippen LogP) is 5.24. The van der Waals surface area contributed by atoms with Crippen molar-refractivity contribution in [3.8, 4) is 0 Å². The van der Waals surface area contributed by atoms with Crippen LogP contribution in [0.4, 0.5) is 17.5 Å². The molecule has 0 atom stereocenters. The Hall–Kier alpha value is -1.81. The summed E-state index contributed by atoms with van der Waals surface area (Å²) in [5.41, 5.74) is 3.05. The standard InChI is InChI=1S/C18H23ClN4/c1-12-10-14(19)8-9-16(12)22-17-11-13(2)20-18(23-17)21-15-6-4-3-5-7-15/h8-11,15H,3-7H2,1-2H3,(H2,20,21,22,23). The van der Waals surface area contributed by atoms with Crippen LogP contribution in [0.2, 0.25) is 5.02 Å². The van der Waals surface area contributed by atoms with Crippen LogP contribution in [-0.2, 0) is 0 Å². The summed E-state index contributed by atoms with van der Waals surface area (Å²) >= 11 is 6.02. The lowest BCUT2D eigenvalue weighted by atomic mass is 9.96. The molecule has 1 aliphatic rings. The van der Waals surface area contributed by atoms with E-state index in [4.69, 9.17) is 11.6 Å². The minimum absolute atomic E-state index is 0.496. The summed E-state index contributed by atoms with van der Waals surface area (Å²) in [7, 11) is 0. The van der Waals surface area contributed by atoms with E-state index in [9.17, 15) is 0 Å². The second-order valence-corrected chi connectivity index (χ2v) is 6.72. The molecule has 0 aliphatic heterocycles. The molecular weight excluding hydrogens is 308 g/mol. The van der Waals surface area contributed by atoms with Crippen LogP contribution in [0, 0.1) is 13.8 Å². The van der Waals surface area contributed by atoms with E-state index in [1.807, 2.05) is 38.1 Å². The molecule has 1 aromatic carbocycles. The van der Waals surface area contributed by atoms with Gasteiger partial charge in [-0.1, -0.05) is 30.9 Å². The van der Waals surface area contributed by atoms with Crippen LogP contribution >= 0.6 is 11.6 Å². The molecule has 0 amide bonds. The number of aryl methyl sites for hydroxylation is 2. The average molecular weight is 331 g/mol. The molecule has 1 fully saturated rings. The van der Waals surface area contributed by atoms with E-state index in [1.165, 1.54) is 32.1 Å². The zero-order valence-corrected chi connectivity index (χ0v) is 14.5. The minimum Gasteiger partial charge on any atom is -0.351 e. The zero-order valence-electron chi connectivity index (χ0n) is 13.7. The Kier molecular flexibility index (Phi) is 5.01. The summed E-state index contributed by atoms with van der Waals surface area (Å²) in [5.74, 6) is 1.52. The SMILES string of the molecule is Cc1cc(Nc2ccc(Cl)cc2C)nc(NC2CCCCC2)n1. The highest BCUT2D eigenvalue weighted by Crippen LogP contribution is 2.24. The van der Waals surface area contributed by atoms with Crippen LogP contribution in [0.25, 0.3) is 0 Å². The van der Waals surface area contributed by atoms with E-state index in [2.05, 4.69) is 20.6 Å². The molecule has 5 heteroatoms. The van der Waals surface area contributed by atoms with Gasteiger partial charge in [0, 0.05) is 28.5 Å². The van der Waals surface area contributed by atoms with Gasteiger partial charge in [0.05, 0.1) is 0 Å². The molecule has 0 spiro atoms. The maximum atomic E-state index is 6.02. The summed E-state index contributed by atoms with van der Waals surface area (Å²) in [6, 6.07) is 8.25. The third kappa shape index (κ3) is 4.35. The fraction of sp³-hybridized carbons (Fsp3) is 0.444. The fourth-order valence-electron chi connectivity index (χ4n) is 3.03. The lowest BCUT2D eigenvalue weighted by Gasteiger charge is -2.23. The summed E-state index contributed by atoms with van der Waals surface area (Å²) in [6.07, 6.45) is 6.33. The van der Waals surface area contributed by atoms with Crippen molar-refractivity contribution in [3.05, 3.63) is 40.5 Å². The second kappa shape index (κ2) is 7.18. The zero-order chi connectivity index (χ0) is 16.2. The lowest BCUT2D eigenvalue weighted by molar-refractivity contribution is 0.461. The van der Waals surface area contributed by atoms with E-state index in [1.54, 1.807) is 0 Å². The molecule has 0 unspecified atom stereocenters. The van der Waals surface area contributed by atoms with Crippen molar-refractivity contribution < 1.29 is 0 Å². The summed E-state index contributed by atoms with van der Waals surface area (Å²) in [4.78, 5) is 9.14. The van der Waals surface area contributed by atoms with Gasteiger partial charge in [0.15, 0.2) is 0 Å². The highest BCUT2D eigenvalue weighted by Gasteiger charge is 2.14. The minimum atomic E-state index is 0.496. The largest absolute Gasteiger partial charge is 0.351 e. The van der Waals surface area contributed by atoms with Crippen molar-refractivity contribution in [3.63, 3.8) is 0 Å². The van der Waals surface area contributed by atoms with E-state index in [0.717, 1.165) is 27.8 Å². The highest BCUT2D eigenvalue weighted by molar-refractivity contribution is 6.30. The summed E-state index contributed by atoms with van der Waals surface area (Å²) in [5, 5.41) is 7.60. The third-order valence-electron chi connectivity index (χ3n) is 4.24. The van der Waals surface area contributed by atoms with Crippen LogP contribution in [-0.4, -0.2) is 16.0 Å². The monoisotopic (exact) mass is 330 g/mol. The Labute approximate surface area is 142 Å². The first-order valence-corrected chi connectivity index (χ1v) is 8.63. The Bertz CT molecular complexity index is 681.